The van der Waals surface area contributed by atoms with E-state index in [0.717, 1.165) is 17.0 Å². The van der Waals surface area contributed by atoms with E-state index in [-0.39, 0.29) is 6.04 Å². The molecule has 1 aromatic heterocycles. The van der Waals surface area contributed by atoms with Crippen LogP contribution in [0, 0.1) is 11.3 Å². The quantitative estimate of drug-likeness (QED) is 0.867. The Balaban J connectivity index is 2.02. The average molecular weight is 226 g/mol. The molecule has 2 aromatic rings. The van der Waals surface area contributed by atoms with Gasteiger partial charge in [0.2, 0.25) is 0 Å². The van der Waals surface area contributed by atoms with Crippen molar-refractivity contribution in [1.82, 2.24) is 0 Å². The van der Waals surface area contributed by atoms with Crippen molar-refractivity contribution >= 4 is 5.69 Å². The number of furan rings is 1. The highest BCUT2D eigenvalue weighted by Crippen LogP contribution is 2.19. The van der Waals surface area contributed by atoms with Gasteiger partial charge in [0, 0.05) is 5.69 Å². The molecule has 3 nitrogen and oxygen atoms in total. The number of hydrogen-bond acceptors (Lipinski definition) is 3. The maximum atomic E-state index is 8.58. The first-order valence-electron chi connectivity index (χ1n) is 5.55. The van der Waals surface area contributed by atoms with E-state index >= 15 is 0 Å². The van der Waals surface area contributed by atoms with Crippen molar-refractivity contribution in [2.45, 2.75) is 19.4 Å². The molecule has 0 saturated carbocycles. The highest BCUT2D eigenvalue weighted by atomic mass is 16.3. The molecule has 1 aromatic carbocycles. The molecule has 0 saturated heterocycles. The van der Waals surface area contributed by atoms with E-state index in [1.807, 2.05) is 43.3 Å². The third-order valence-electron chi connectivity index (χ3n) is 2.59. The third kappa shape index (κ3) is 2.88. The Kier molecular flexibility index (Phi) is 3.46. The first-order chi connectivity index (χ1) is 8.29. The lowest BCUT2D eigenvalue weighted by atomic mass is 10.1. The van der Waals surface area contributed by atoms with E-state index < -0.39 is 0 Å². The summed E-state index contributed by atoms with van der Waals surface area (Å²) >= 11 is 0. The highest BCUT2D eigenvalue weighted by Gasteiger charge is 2.07. The van der Waals surface area contributed by atoms with Crippen LogP contribution in [0.3, 0.4) is 0 Å². The molecule has 1 unspecified atom stereocenters. The fourth-order valence-electron chi connectivity index (χ4n) is 1.67. The smallest absolute Gasteiger partial charge is 0.125 e. The van der Waals surface area contributed by atoms with Gasteiger partial charge in [-0.15, -0.1) is 0 Å². The minimum absolute atomic E-state index is 0.131. The van der Waals surface area contributed by atoms with E-state index in [9.17, 15) is 0 Å². The van der Waals surface area contributed by atoms with Gasteiger partial charge in [-0.2, -0.15) is 5.26 Å². The van der Waals surface area contributed by atoms with E-state index in [1.54, 1.807) is 6.26 Å². The molecule has 3 heteroatoms. The second-order valence-electron chi connectivity index (χ2n) is 3.91. The normalized spacial score (nSPS) is 11.8. The minimum Gasteiger partial charge on any atom is -0.467 e. The van der Waals surface area contributed by atoms with Crippen molar-refractivity contribution in [3.8, 4) is 6.07 Å². The molecule has 1 N–H and O–H groups in total. The zero-order chi connectivity index (χ0) is 12.1. The van der Waals surface area contributed by atoms with Crippen LogP contribution in [0.25, 0.3) is 0 Å². The average Bonchev–Trinajstić information content (AvgIpc) is 2.86. The Hall–Kier alpha value is -2.21. The third-order valence-corrected chi connectivity index (χ3v) is 2.59. The topological polar surface area (TPSA) is 49.0 Å². The number of nitriles is 1. The van der Waals surface area contributed by atoms with Gasteiger partial charge in [-0.1, -0.05) is 12.1 Å². The van der Waals surface area contributed by atoms with Gasteiger partial charge in [0.05, 0.1) is 24.8 Å². The molecule has 0 aliphatic carbocycles. The highest BCUT2D eigenvalue weighted by molar-refractivity contribution is 5.46. The molecule has 0 amide bonds. The van der Waals surface area contributed by atoms with Gasteiger partial charge in [-0.05, 0) is 36.8 Å². The first-order valence-corrected chi connectivity index (χ1v) is 5.55. The zero-order valence-electron chi connectivity index (χ0n) is 9.68. The molecule has 86 valence electrons. The Morgan fingerprint density at radius 3 is 2.65 bits per heavy atom. The van der Waals surface area contributed by atoms with Crippen molar-refractivity contribution in [1.29, 1.82) is 5.26 Å². The van der Waals surface area contributed by atoms with Crippen LogP contribution in [-0.4, -0.2) is 0 Å². The molecule has 1 atom stereocenters. The van der Waals surface area contributed by atoms with Crippen molar-refractivity contribution in [2.24, 2.45) is 0 Å². The first kappa shape index (κ1) is 11.3. The number of nitrogens with one attached hydrogen (secondary N) is 1. The molecule has 0 spiro atoms. The summed E-state index contributed by atoms with van der Waals surface area (Å²) in [6.45, 7) is 2.04. The molecule has 0 aliphatic heterocycles. The SMILES string of the molecule is CC(Nc1ccc(CC#N)cc1)c1ccco1. The maximum absolute atomic E-state index is 8.58. The van der Waals surface area contributed by atoms with Crippen LogP contribution < -0.4 is 5.32 Å². The van der Waals surface area contributed by atoms with Gasteiger partial charge in [0.15, 0.2) is 0 Å². The molecular weight excluding hydrogens is 212 g/mol. The van der Waals surface area contributed by atoms with Gasteiger partial charge >= 0.3 is 0 Å². The lowest BCUT2D eigenvalue weighted by molar-refractivity contribution is 0.490. The van der Waals surface area contributed by atoms with E-state index in [4.69, 9.17) is 9.68 Å². The fraction of sp³-hybridized carbons (Fsp3) is 0.214. The summed E-state index contributed by atoms with van der Waals surface area (Å²) in [5.74, 6) is 0.908. The van der Waals surface area contributed by atoms with Crippen LogP contribution in [0.5, 0.6) is 0 Å². The molecule has 1 heterocycles. The monoisotopic (exact) mass is 226 g/mol. The van der Waals surface area contributed by atoms with Crippen LogP contribution in [0.1, 0.15) is 24.3 Å². The molecule has 0 bridgehead atoms. The summed E-state index contributed by atoms with van der Waals surface area (Å²) in [5.41, 5.74) is 2.05. The number of anilines is 1. The van der Waals surface area contributed by atoms with E-state index in [2.05, 4.69) is 11.4 Å². The second-order valence-corrected chi connectivity index (χ2v) is 3.91. The zero-order valence-corrected chi connectivity index (χ0v) is 9.68. The van der Waals surface area contributed by atoms with Crippen molar-refractivity contribution < 1.29 is 4.42 Å². The molecule has 2 rings (SSSR count). The Morgan fingerprint density at radius 2 is 2.06 bits per heavy atom. The number of nitrogens with zero attached hydrogens (tertiary/aromatic N) is 1. The van der Waals surface area contributed by atoms with E-state index in [1.165, 1.54) is 0 Å². The van der Waals surface area contributed by atoms with Crippen molar-refractivity contribution in [3.63, 3.8) is 0 Å². The Bertz CT molecular complexity index is 494. The van der Waals surface area contributed by atoms with Gasteiger partial charge in [-0.3, -0.25) is 0 Å². The maximum Gasteiger partial charge on any atom is 0.125 e. The summed E-state index contributed by atoms with van der Waals surface area (Å²) in [5, 5.41) is 11.9. The standard InChI is InChI=1S/C14H14N2O/c1-11(14-3-2-10-17-14)16-13-6-4-12(5-7-13)8-9-15/h2-7,10-11,16H,8H2,1H3. The van der Waals surface area contributed by atoms with Crippen LogP contribution >= 0.6 is 0 Å². The van der Waals surface area contributed by atoms with Gasteiger partial charge in [0.1, 0.15) is 5.76 Å². The molecule has 0 fully saturated rings. The summed E-state index contributed by atoms with van der Waals surface area (Å²) < 4.78 is 5.32. The van der Waals surface area contributed by atoms with Crippen LogP contribution in [0.2, 0.25) is 0 Å². The molecular formula is C14H14N2O. The predicted molar refractivity (Wildman–Crippen MR) is 66.5 cm³/mol. The lowest BCUT2D eigenvalue weighted by Crippen LogP contribution is -2.05. The largest absolute Gasteiger partial charge is 0.467 e. The Labute approximate surface area is 101 Å². The van der Waals surface area contributed by atoms with Gasteiger partial charge < -0.3 is 9.73 Å². The van der Waals surface area contributed by atoms with Crippen LogP contribution in [-0.2, 0) is 6.42 Å². The van der Waals surface area contributed by atoms with Crippen LogP contribution in [0.4, 0.5) is 5.69 Å². The Morgan fingerprint density at radius 1 is 1.29 bits per heavy atom. The summed E-state index contributed by atoms with van der Waals surface area (Å²) in [7, 11) is 0. The summed E-state index contributed by atoms with van der Waals surface area (Å²) in [6.07, 6.45) is 2.12. The summed E-state index contributed by atoms with van der Waals surface area (Å²) in [6, 6.07) is 14.0. The lowest BCUT2D eigenvalue weighted by Gasteiger charge is -2.12. The fourth-order valence-corrected chi connectivity index (χ4v) is 1.67. The molecule has 0 radical (unpaired) electrons. The number of rotatable bonds is 4. The van der Waals surface area contributed by atoms with Crippen molar-refractivity contribution in [3.05, 3.63) is 54.0 Å². The van der Waals surface area contributed by atoms with Crippen LogP contribution in [0.15, 0.2) is 47.1 Å². The number of benzene rings is 1. The van der Waals surface area contributed by atoms with Gasteiger partial charge in [0.25, 0.3) is 0 Å². The van der Waals surface area contributed by atoms with Crippen molar-refractivity contribution in [2.75, 3.05) is 5.32 Å². The minimum atomic E-state index is 0.131. The predicted octanol–water partition coefficient (Wildman–Crippen LogP) is 3.52. The molecule has 17 heavy (non-hydrogen) atoms. The summed E-state index contributed by atoms with van der Waals surface area (Å²) in [4.78, 5) is 0. The second kappa shape index (κ2) is 5.22. The molecule has 0 aliphatic rings. The van der Waals surface area contributed by atoms with E-state index in [0.29, 0.717) is 6.42 Å². The van der Waals surface area contributed by atoms with Gasteiger partial charge in [-0.25, -0.2) is 0 Å². The number of hydrogen-bond donors (Lipinski definition) is 1.